The van der Waals surface area contributed by atoms with Crippen molar-refractivity contribution < 1.29 is 9.47 Å². The Bertz CT molecular complexity index is 818. The molecular weight excluding hydrogens is 358 g/mol. The van der Waals surface area contributed by atoms with E-state index in [9.17, 15) is 0 Å². The molecule has 0 saturated heterocycles. The average molecular weight is 384 g/mol. The van der Waals surface area contributed by atoms with Gasteiger partial charge in [0.1, 0.15) is 11.5 Å². The zero-order valence-electron chi connectivity index (χ0n) is 16.0. The lowest BCUT2D eigenvalue weighted by Gasteiger charge is -2.14. The molecule has 0 aliphatic heterocycles. The Morgan fingerprint density at radius 2 is 1.93 bits per heavy atom. The van der Waals surface area contributed by atoms with Crippen LogP contribution in [0.5, 0.6) is 11.5 Å². The van der Waals surface area contributed by atoms with Crippen LogP contribution in [0.15, 0.2) is 30.3 Å². The van der Waals surface area contributed by atoms with Crippen molar-refractivity contribution in [2.45, 2.75) is 39.2 Å². The highest BCUT2D eigenvalue weighted by Crippen LogP contribution is 2.36. The molecule has 0 spiro atoms. The third kappa shape index (κ3) is 4.77. The van der Waals surface area contributed by atoms with Gasteiger partial charge in [0.2, 0.25) is 0 Å². The smallest absolute Gasteiger partial charge is 0.122 e. The van der Waals surface area contributed by atoms with Gasteiger partial charge in [0, 0.05) is 17.5 Å². The Labute approximate surface area is 167 Å². The minimum atomic E-state index is 0.333. The van der Waals surface area contributed by atoms with Crippen LogP contribution < -0.4 is 14.8 Å². The van der Waals surface area contributed by atoms with Crippen LogP contribution in [0.3, 0.4) is 0 Å². The number of hydrogen-bond donors (Lipinski definition) is 1. The highest BCUT2D eigenvalue weighted by molar-refractivity contribution is 6.32. The number of halogens is 1. The molecule has 27 heavy (non-hydrogen) atoms. The predicted molar refractivity (Wildman–Crippen MR) is 111 cm³/mol. The second kappa shape index (κ2) is 9.17. The van der Waals surface area contributed by atoms with Gasteiger partial charge < -0.3 is 9.47 Å². The van der Waals surface area contributed by atoms with Crippen LogP contribution in [-0.4, -0.2) is 19.8 Å². The molecule has 1 unspecified atom stereocenters. The topological polar surface area (TPSA) is 30.5 Å². The summed E-state index contributed by atoms with van der Waals surface area (Å²) >= 11 is 6.20. The summed E-state index contributed by atoms with van der Waals surface area (Å²) in [5.41, 5.74) is 4.69. The highest BCUT2D eigenvalue weighted by Gasteiger charge is 2.24. The summed E-state index contributed by atoms with van der Waals surface area (Å²) in [6, 6.07) is 10.6. The Morgan fingerprint density at radius 1 is 1.19 bits per heavy atom. The molecule has 142 valence electrons. The second-order valence-electron chi connectivity index (χ2n) is 6.92. The Morgan fingerprint density at radius 3 is 2.67 bits per heavy atom. The van der Waals surface area contributed by atoms with Gasteiger partial charge in [-0.15, -0.1) is 6.42 Å². The molecule has 0 aromatic heterocycles. The van der Waals surface area contributed by atoms with Crippen molar-refractivity contribution in [1.29, 1.82) is 0 Å². The van der Waals surface area contributed by atoms with Gasteiger partial charge in [0.15, 0.2) is 0 Å². The SMILES string of the molecule is C#CCNC1CCc2c(OCCCOc3cc(C)c(Cl)c(C)c3)cccc21. The van der Waals surface area contributed by atoms with E-state index in [1.54, 1.807) is 0 Å². The van der Waals surface area contributed by atoms with Gasteiger partial charge in [-0.1, -0.05) is 29.7 Å². The standard InChI is InChI=1S/C23H26ClNO2/c1-4-11-25-21-10-9-20-19(21)7-5-8-22(20)27-13-6-12-26-18-14-16(2)23(24)17(3)15-18/h1,5,7-8,14-15,21,25H,6,9-13H2,2-3H3. The summed E-state index contributed by atoms with van der Waals surface area (Å²) in [5, 5.41) is 4.21. The van der Waals surface area contributed by atoms with E-state index in [0.29, 0.717) is 25.8 Å². The molecule has 0 amide bonds. The van der Waals surface area contributed by atoms with Crippen LogP contribution in [0.4, 0.5) is 0 Å². The number of benzene rings is 2. The maximum Gasteiger partial charge on any atom is 0.122 e. The number of aryl methyl sites for hydroxylation is 2. The molecule has 2 aromatic rings. The van der Waals surface area contributed by atoms with E-state index in [0.717, 1.165) is 46.9 Å². The van der Waals surface area contributed by atoms with Gasteiger partial charge in [-0.25, -0.2) is 0 Å². The van der Waals surface area contributed by atoms with Gasteiger partial charge >= 0.3 is 0 Å². The zero-order valence-corrected chi connectivity index (χ0v) is 16.7. The molecular formula is C23H26ClNO2. The number of terminal acetylenes is 1. The highest BCUT2D eigenvalue weighted by atomic mass is 35.5. The molecule has 4 heteroatoms. The van der Waals surface area contributed by atoms with Crippen LogP contribution in [-0.2, 0) is 6.42 Å². The van der Waals surface area contributed by atoms with Crippen LogP contribution in [0.1, 0.15) is 41.1 Å². The van der Waals surface area contributed by atoms with E-state index >= 15 is 0 Å². The molecule has 0 radical (unpaired) electrons. The molecule has 3 nitrogen and oxygen atoms in total. The van der Waals surface area contributed by atoms with Crippen LogP contribution >= 0.6 is 11.6 Å². The molecule has 1 N–H and O–H groups in total. The largest absolute Gasteiger partial charge is 0.493 e. The van der Waals surface area contributed by atoms with Gasteiger partial charge in [-0.3, -0.25) is 5.32 Å². The molecule has 1 aliphatic carbocycles. The fraction of sp³-hybridized carbons (Fsp3) is 0.391. The third-order valence-corrected chi connectivity index (χ3v) is 5.50. The van der Waals surface area contributed by atoms with E-state index < -0.39 is 0 Å². The van der Waals surface area contributed by atoms with Crippen LogP contribution in [0.25, 0.3) is 0 Å². The molecule has 2 aromatic carbocycles. The fourth-order valence-corrected chi connectivity index (χ4v) is 3.68. The van der Waals surface area contributed by atoms with E-state index in [2.05, 4.69) is 29.4 Å². The van der Waals surface area contributed by atoms with Gasteiger partial charge in [-0.05, 0) is 67.1 Å². The van der Waals surface area contributed by atoms with Gasteiger partial charge in [0.25, 0.3) is 0 Å². The Hall–Kier alpha value is -2.15. The fourth-order valence-electron chi connectivity index (χ4n) is 3.57. The summed E-state index contributed by atoms with van der Waals surface area (Å²) in [6.07, 6.45) is 8.27. The first-order valence-electron chi connectivity index (χ1n) is 9.41. The molecule has 3 rings (SSSR count). The first-order valence-corrected chi connectivity index (χ1v) is 9.79. The number of rotatable bonds is 8. The monoisotopic (exact) mass is 383 g/mol. The summed E-state index contributed by atoms with van der Waals surface area (Å²) in [6.45, 7) is 5.82. The molecule has 1 atom stereocenters. The number of nitrogens with one attached hydrogen (secondary N) is 1. The van der Waals surface area contributed by atoms with Crippen molar-refractivity contribution >= 4 is 11.6 Å². The average Bonchev–Trinajstić information content (AvgIpc) is 3.08. The summed E-state index contributed by atoms with van der Waals surface area (Å²) < 4.78 is 11.9. The first-order chi connectivity index (χ1) is 13.1. The summed E-state index contributed by atoms with van der Waals surface area (Å²) in [4.78, 5) is 0. The third-order valence-electron chi connectivity index (χ3n) is 4.90. The van der Waals surface area contributed by atoms with Crippen LogP contribution in [0, 0.1) is 26.2 Å². The number of hydrogen-bond acceptors (Lipinski definition) is 3. The van der Waals surface area contributed by atoms with Crippen molar-refractivity contribution in [2.24, 2.45) is 0 Å². The summed E-state index contributed by atoms with van der Waals surface area (Å²) in [7, 11) is 0. The van der Waals surface area contributed by atoms with Crippen molar-refractivity contribution in [1.82, 2.24) is 5.32 Å². The normalized spacial score (nSPS) is 15.3. The van der Waals surface area contributed by atoms with Gasteiger partial charge in [0.05, 0.1) is 19.8 Å². The van der Waals surface area contributed by atoms with E-state index in [4.69, 9.17) is 27.5 Å². The lowest BCUT2D eigenvalue weighted by molar-refractivity contribution is 0.246. The molecule has 0 fully saturated rings. The molecule has 1 aliphatic rings. The maximum absolute atomic E-state index is 6.20. The zero-order chi connectivity index (χ0) is 19.2. The predicted octanol–water partition coefficient (Wildman–Crippen LogP) is 5.01. The first kappa shape index (κ1) is 19.6. The Kier molecular flexibility index (Phi) is 6.66. The molecule has 0 bridgehead atoms. The van der Waals surface area contributed by atoms with Crippen molar-refractivity contribution in [2.75, 3.05) is 19.8 Å². The van der Waals surface area contributed by atoms with Gasteiger partial charge in [-0.2, -0.15) is 0 Å². The lowest BCUT2D eigenvalue weighted by Crippen LogP contribution is -2.19. The van der Waals surface area contributed by atoms with Crippen molar-refractivity contribution in [3.8, 4) is 23.8 Å². The minimum absolute atomic E-state index is 0.333. The number of fused-ring (bicyclic) bond motifs is 1. The lowest BCUT2D eigenvalue weighted by atomic mass is 10.1. The molecule has 0 heterocycles. The van der Waals surface area contributed by atoms with E-state index in [-0.39, 0.29) is 0 Å². The summed E-state index contributed by atoms with van der Waals surface area (Å²) in [5.74, 6) is 4.49. The minimum Gasteiger partial charge on any atom is -0.493 e. The molecule has 0 saturated carbocycles. The van der Waals surface area contributed by atoms with Crippen molar-refractivity contribution in [3.05, 3.63) is 57.6 Å². The van der Waals surface area contributed by atoms with E-state index in [1.165, 1.54) is 11.1 Å². The van der Waals surface area contributed by atoms with Crippen molar-refractivity contribution in [3.63, 3.8) is 0 Å². The van der Waals surface area contributed by atoms with E-state index in [1.807, 2.05) is 26.0 Å². The number of ether oxygens (including phenoxy) is 2. The second-order valence-corrected chi connectivity index (χ2v) is 7.30. The Balaban J connectivity index is 1.49. The quantitative estimate of drug-likeness (QED) is 0.513. The maximum atomic E-state index is 6.20. The van der Waals surface area contributed by atoms with Crippen LogP contribution in [0.2, 0.25) is 5.02 Å².